The van der Waals surface area contributed by atoms with Gasteiger partial charge in [0.15, 0.2) is 5.76 Å². The maximum atomic E-state index is 12.2. The van der Waals surface area contributed by atoms with Crippen LogP contribution in [0.3, 0.4) is 0 Å². The molecule has 2 aliphatic carbocycles. The molecule has 4 heteroatoms. The molecule has 1 fully saturated rings. The summed E-state index contributed by atoms with van der Waals surface area (Å²) in [6, 6.07) is 7.12. The van der Waals surface area contributed by atoms with Gasteiger partial charge in [0.2, 0.25) is 0 Å². The van der Waals surface area contributed by atoms with Crippen LogP contribution in [0.25, 0.3) is 0 Å². The van der Waals surface area contributed by atoms with Gasteiger partial charge in [-0.25, -0.2) is 0 Å². The summed E-state index contributed by atoms with van der Waals surface area (Å²) in [5.41, 5.74) is 1.44. The van der Waals surface area contributed by atoms with Crippen molar-refractivity contribution >= 4 is 5.91 Å². The zero-order valence-electron chi connectivity index (χ0n) is 16.3. The minimum atomic E-state index is -0.0626. The SMILES string of the molecule is C=C(OCC)C(=O)N1CC(C)N(CCC)CC1C.Cc1cc2ccc1=2. The van der Waals surface area contributed by atoms with Gasteiger partial charge in [-0.3, -0.25) is 9.69 Å². The number of benzene rings is 1. The lowest BCUT2D eigenvalue weighted by atomic mass is 10.0. The van der Waals surface area contributed by atoms with E-state index in [2.05, 4.69) is 57.4 Å². The Labute approximate surface area is 151 Å². The molecule has 2 unspecified atom stereocenters. The lowest BCUT2D eigenvalue weighted by Crippen LogP contribution is -2.58. The van der Waals surface area contributed by atoms with Gasteiger partial charge in [-0.05, 0) is 56.7 Å². The third kappa shape index (κ3) is 4.43. The zero-order chi connectivity index (χ0) is 18.6. The van der Waals surface area contributed by atoms with Gasteiger partial charge in [-0.1, -0.05) is 31.7 Å². The molecule has 0 radical (unpaired) electrons. The molecule has 0 spiro atoms. The van der Waals surface area contributed by atoms with Gasteiger partial charge < -0.3 is 9.64 Å². The van der Waals surface area contributed by atoms with Crippen LogP contribution in [0.5, 0.6) is 0 Å². The Hall–Kier alpha value is -1.81. The Balaban J connectivity index is 0.000000261. The van der Waals surface area contributed by atoms with Gasteiger partial charge in [0, 0.05) is 25.2 Å². The van der Waals surface area contributed by atoms with E-state index in [1.807, 2.05) is 11.8 Å². The summed E-state index contributed by atoms with van der Waals surface area (Å²) >= 11 is 0. The summed E-state index contributed by atoms with van der Waals surface area (Å²) in [5.74, 6) is 0.202. The van der Waals surface area contributed by atoms with Crippen LogP contribution in [-0.4, -0.2) is 54.0 Å². The molecule has 3 rings (SSSR count). The molecule has 0 saturated carbocycles. The van der Waals surface area contributed by atoms with Gasteiger partial charge in [-0.15, -0.1) is 0 Å². The minimum Gasteiger partial charge on any atom is -0.489 e. The molecule has 1 amide bonds. The number of rotatable bonds is 5. The van der Waals surface area contributed by atoms with Crippen LogP contribution in [0, 0.1) is 17.4 Å². The smallest absolute Gasteiger partial charge is 0.288 e. The molecule has 0 aromatic carbocycles. The fourth-order valence-electron chi connectivity index (χ4n) is 3.46. The highest BCUT2D eigenvalue weighted by molar-refractivity contribution is 5.91. The summed E-state index contributed by atoms with van der Waals surface area (Å²) in [6.45, 7) is 17.4. The average molecular weight is 344 g/mol. The fraction of sp³-hybridized carbons (Fsp3) is 0.571. The molecular weight excluding hydrogens is 312 g/mol. The van der Waals surface area contributed by atoms with Gasteiger partial charge in [0.05, 0.1) is 6.61 Å². The maximum Gasteiger partial charge on any atom is 0.288 e. The van der Waals surface area contributed by atoms with Crippen LogP contribution in [0.4, 0.5) is 0 Å². The monoisotopic (exact) mass is 344 g/mol. The number of ether oxygens (including phenoxy) is 1. The molecule has 138 valence electrons. The molecule has 0 aromatic heterocycles. The Kier molecular flexibility index (Phi) is 6.65. The quantitative estimate of drug-likeness (QED) is 0.615. The molecular formula is C21H32N2O2. The Morgan fingerprint density at radius 3 is 2.36 bits per heavy atom. The summed E-state index contributed by atoms with van der Waals surface area (Å²) < 4.78 is 5.22. The number of hydrogen-bond acceptors (Lipinski definition) is 3. The molecule has 4 nitrogen and oxygen atoms in total. The van der Waals surface area contributed by atoms with E-state index in [-0.39, 0.29) is 17.7 Å². The number of nitrogens with zero attached hydrogens (tertiary/aromatic N) is 2. The Morgan fingerprint density at radius 1 is 1.24 bits per heavy atom. The van der Waals surface area contributed by atoms with Crippen molar-refractivity contribution in [1.82, 2.24) is 9.80 Å². The molecule has 0 aromatic rings. The lowest BCUT2D eigenvalue weighted by Gasteiger charge is -2.44. The topological polar surface area (TPSA) is 32.8 Å². The number of amides is 1. The molecule has 3 aliphatic rings. The standard InChI is InChI=1S/C14H26N2O2.C7H6/c1-6-8-15-9-12(4)16(10-11(15)3)14(17)13(5)18-7-2;1-5-4-6-2-3-7(5)6/h11-12H,5-10H2,1-4H3;2-4H,1H3. The third-order valence-electron chi connectivity index (χ3n) is 4.98. The van der Waals surface area contributed by atoms with E-state index in [0.29, 0.717) is 12.6 Å². The summed E-state index contributed by atoms with van der Waals surface area (Å²) in [6.07, 6.45) is 1.15. The van der Waals surface area contributed by atoms with Gasteiger partial charge in [0.1, 0.15) is 0 Å². The molecule has 0 N–H and O–H groups in total. The van der Waals surface area contributed by atoms with E-state index in [9.17, 15) is 4.79 Å². The van der Waals surface area contributed by atoms with E-state index >= 15 is 0 Å². The zero-order valence-corrected chi connectivity index (χ0v) is 16.3. The summed E-state index contributed by atoms with van der Waals surface area (Å²) in [7, 11) is 0. The van der Waals surface area contributed by atoms with E-state index in [1.165, 1.54) is 16.0 Å². The largest absolute Gasteiger partial charge is 0.489 e. The van der Waals surface area contributed by atoms with Crippen LogP contribution >= 0.6 is 0 Å². The second kappa shape index (κ2) is 8.52. The lowest BCUT2D eigenvalue weighted by molar-refractivity contribution is -0.136. The van der Waals surface area contributed by atoms with Crippen molar-refractivity contribution in [3.8, 4) is 0 Å². The molecule has 25 heavy (non-hydrogen) atoms. The minimum absolute atomic E-state index is 0.0626. The van der Waals surface area contributed by atoms with E-state index in [4.69, 9.17) is 4.74 Å². The van der Waals surface area contributed by atoms with Crippen molar-refractivity contribution in [2.75, 3.05) is 26.2 Å². The first-order valence-corrected chi connectivity index (χ1v) is 9.36. The number of carbonyl (C=O) groups excluding carboxylic acids is 1. The van der Waals surface area contributed by atoms with Crippen molar-refractivity contribution in [1.29, 1.82) is 0 Å². The van der Waals surface area contributed by atoms with E-state index in [1.54, 1.807) is 0 Å². The van der Waals surface area contributed by atoms with Gasteiger partial charge >= 0.3 is 0 Å². The van der Waals surface area contributed by atoms with Crippen molar-refractivity contribution in [3.05, 3.63) is 46.5 Å². The summed E-state index contributed by atoms with van der Waals surface area (Å²) in [5, 5.41) is 2.91. The van der Waals surface area contributed by atoms with Crippen molar-refractivity contribution in [2.24, 2.45) is 0 Å². The fourth-order valence-corrected chi connectivity index (χ4v) is 3.46. The van der Waals surface area contributed by atoms with Crippen LogP contribution < -0.4 is 0 Å². The second-order valence-corrected chi connectivity index (χ2v) is 7.04. The highest BCUT2D eigenvalue weighted by Gasteiger charge is 2.32. The highest BCUT2D eigenvalue weighted by atomic mass is 16.5. The Morgan fingerprint density at radius 2 is 1.96 bits per heavy atom. The molecule has 2 atom stereocenters. The first-order valence-electron chi connectivity index (χ1n) is 9.36. The predicted molar refractivity (Wildman–Crippen MR) is 102 cm³/mol. The predicted octanol–water partition coefficient (Wildman–Crippen LogP) is 3.46. The average Bonchev–Trinajstić information content (AvgIpc) is 2.55. The first-order chi connectivity index (χ1) is 11.9. The van der Waals surface area contributed by atoms with Gasteiger partial charge in [0.25, 0.3) is 5.91 Å². The first kappa shape index (κ1) is 19.5. The molecule has 1 heterocycles. The third-order valence-corrected chi connectivity index (χ3v) is 4.98. The molecule has 0 bridgehead atoms. The maximum absolute atomic E-state index is 12.2. The second-order valence-electron chi connectivity index (χ2n) is 7.04. The molecule has 1 aliphatic heterocycles. The highest BCUT2D eigenvalue weighted by Crippen LogP contribution is 2.17. The van der Waals surface area contributed by atoms with E-state index < -0.39 is 0 Å². The summed E-state index contributed by atoms with van der Waals surface area (Å²) in [4.78, 5) is 16.5. The number of piperazine rings is 1. The van der Waals surface area contributed by atoms with Crippen molar-refractivity contribution in [2.45, 2.75) is 53.1 Å². The van der Waals surface area contributed by atoms with Gasteiger partial charge in [-0.2, -0.15) is 0 Å². The Bertz CT molecular complexity index is 713. The van der Waals surface area contributed by atoms with Crippen LogP contribution in [0.2, 0.25) is 0 Å². The van der Waals surface area contributed by atoms with Crippen LogP contribution in [-0.2, 0) is 9.53 Å². The normalized spacial score (nSPS) is 21.2. The van der Waals surface area contributed by atoms with Crippen molar-refractivity contribution < 1.29 is 9.53 Å². The van der Waals surface area contributed by atoms with Crippen LogP contribution in [0.1, 0.15) is 39.7 Å². The molecule has 1 saturated heterocycles. The van der Waals surface area contributed by atoms with Crippen LogP contribution in [0.15, 0.2) is 30.5 Å². The number of aryl methyl sites for hydroxylation is 1. The number of carbonyl (C=O) groups is 1. The number of hydrogen-bond donors (Lipinski definition) is 0. The van der Waals surface area contributed by atoms with E-state index in [0.717, 1.165) is 26.1 Å². The van der Waals surface area contributed by atoms with Crippen molar-refractivity contribution in [3.63, 3.8) is 0 Å².